The van der Waals surface area contributed by atoms with Crippen LogP contribution >= 0.6 is 34.7 Å². The maximum atomic E-state index is 14.1. The first-order valence-electron chi connectivity index (χ1n) is 20.0. The van der Waals surface area contributed by atoms with Gasteiger partial charge in [0.15, 0.2) is 10.8 Å². The Balaban J connectivity index is 1.38. The topological polar surface area (TPSA) is 184 Å². The number of hydrogen-bond donors (Lipinski definition) is 2. The summed E-state index contributed by atoms with van der Waals surface area (Å²) in [5, 5.41) is 10.2. The van der Waals surface area contributed by atoms with Gasteiger partial charge in [0.1, 0.15) is 40.8 Å². The molecule has 3 heterocycles. The number of carbonyl (C=O) groups is 5. The molecule has 0 aliphatic carbocycles. The lowest BCUT2D eigenvalue weighted by atomic mass is 10.0. The number of alkyl halides is 1. The SMILES string of the molecule is CCCCCCOC(=O)C(C)(C)O/N=C(\C(=O)N[C@@H]1C(=O)N2C(C(=O)OCc3ccc(OC)cc3)=C(/C=C/c3ccc(CCl)cc3)CS[C@@H]12)c1csc(NC(=O)OC(C)(C)C)n1. The Morgan fingerprint density at radius 2 is 1.68 bits per heavy atom. The normalized spacial score (nSPS) is 16.6. The Morgan fingerprint density at radius 1 is 0.968 bits per heavy atom. The van der Waals surface area contributed by atoms with Crippen LogP contribution in [0.25, 0.3) is 6.08 Å². The maximum Gasteiger partial charge on any atom is 0.413 e. The Morgan fingerprint density at radius 3 is 2.34 bits per heavy atom. The molecule has 2 aliphatic rings. The van der Waals surface area contributed by atoms with Crippen molar-refractivity contribution in [1.82, 2.24) is 15.2 Å². The van der Waals surface area contributed by atoms with Crippen molar-refractivity contribution in [2.45, 2.75) is 102 Å². The summed E-state index contributed by atoms with van der Waals surface area (Å²) in [6.07, 6.45) is 6.46. The van der Waals surface area contributed by atoms with Gasteiger partial charge in [-0.3, -0.25) is 19.8 Å². The number of rotatable bonds is 19. The molecule has 3 aromatic rings. The van der Waals surface area contributed by atoms with Crippen LogP contribution in [-0.2, 0) is 50.7 Å². The van der Waals surface area contributed by atoms with Crippen molar-refractivity contribution >= 4 is 81.5 Å². The number of aromatic nitrogens is 1. The number of thiazole rings is 1. The van der Waals surface area contributed by atoms with Crippen LogP contribution in [0.3, 0.4) is 0 Å². The molecule has 0 spiro atoms. The van der Waals surface area contributed by atoms with E-state index in [1.807, 2.05) is 30.3 Å². The minimum atomic E-state index is -1.62. The van der Waals surface area contributed by atoms with Crippen LogP contribution in [0.2, 0.25) is 0 Å². The predicted molar refractivity (Wildman–Crippen MR) is 239 cm³/mol. The third-order valence-electron chi connectivity index (χ3n) is 9.28. The van der Waals surface area contributed by atoms with E-state index in [1.54, 1.807) is 58.2 Å². The molecule has 0 unspecified atom stereocenters. The summed E-state index contributed by atoms with van der Waals surface area (Å²) in [5.74, 6) is -1.52. The maximum absolute atomic E-state index is 14.1. The zero-order valence-electron chi connectivity index (χ0n) is 35.8. The van der Waals surface area contributed by atoms with E-state index in [9.17, 15) is 24.0 Å². The Hall–Kier alpha value is -5.39. The van der Waals surface area contributed by atoms with E-state index in [0.29, 0.717) is 34.9 Å². The van der Waals surface area contributed by atoms with Gasteiger partial charge in [0.05, 0.1) is 13.7 Å². The summed E-state index contributed by atoms with van der Waals surface area (Å²) in [6.45, 7) is 10.2. The smallest absolute Gasteiger partial charge is 0.413 e. The van der Waals surface area contributed by atoms with Crippen LogP contribution < -0.4 is 15.4 Å². The second-order valence-electron chi connectivity index (χ2n) is 15.8. The van der Waals surface area contributed by atoms with Crippen LogP contribution in [0.5, 0.6) is 5.75 Å². The number of methoxy groups -OCH3 is 1. The molecule has 1 saturated heterocycles. The van der Waals surface area contributed by atoms with E-state index in [0.717, 1.165) is 41.7 Å². The van der Waals surface area contributed by atoms with Crippen LogP contribution in [0.15, 0.2) is 76.4 Å². The number of esters is 2. The number of nitrogens with zero attached hydrogens (tertiary/aromatic N) is 3. The average molecular weight is 911 g/mol. The molecule has 62 heavy (non-hydrogen) atoms. The highest BCUT2D eigenvalue weighted by atomic mass is 35.5. The highest BCUT2D eigenvalue weighted by Gasteiger charge is 2.54. The third kappa shape index (κ3) is 12.8. The number of unbranched alkanes of at least 4 members (excludes halogenated alkanes) is 3. The number of allylic oxidation sites excluding steroid dienone is 1. The number of fused-ring (bicyclic) bond motifs is 1. The summed E-state index contributed by atoms with van der Waals surface area (Å²) in [4.78, 5) is 78.9. The number of nitrogens with one attached hydrogen (secondary N) is 2. The molecule has 15 nitrogen and oxygen atoms in total. The van der Waals surface area contributed by atoms with E-state index in [4.69, 9.17) is 35.4 Å². The van der Waals surface area contributed by atoms with E-state index in [1.165, 1.54) is 35.9 Å². The number of halogens is 1. The fourth-order valence-corrected chi connectivity index (χ4v) is 8.10. The molecule has 1 fully saturated rings. The van der Waals surface area contributed by atoms with Gasteiger partial charge in [-0.2, -0.15) is 0 Å². The second kappa shape index (κ2) is 21.6. The van der Waals surface area contributed by atoms with Gasteiger partial charge >= 0.3 is 18.0 Å². The molecule has 2 aliphatic heterocycles. The molecule has 18 heteroatoms. The van der Waals surface area contributed by atoms with Gasteiger partial charge in [-0.05, 0) is 75.4 Å². The van der Waals surface area contributed by atoms with Gasteiger partial charge in [-0.15, -0.1) is 34.7 Å². The average Bonchev–Trinajstić information content (AvgIpc) is 3.70. The predicted octanol–water partition coefficient (Wildman–Crippen LogP) is 7.97. The molecule has 3 amide bonds. The minimum absolute atomic E-state index is 0.0172. The number of amides is 3. The molecule has 0 bridgehead atoms. The first kappa shape index (κ1) is 47.7. The number of oxime groups is 1. The molecular weight excluding hydrogens is 858 g/mol. The Bertz CT molecular complexity index is 2180. The monoisotopic (exact) mass is 909 g/mol. The largest absolute Gasteiger partial charge is 0.497 e. The van der Waals surface area contributed by atoms with E-state index >= 15 is 0 Å². The third-order valence-corrected chi connectivity index (χ3v) is 11.6. The standard InChI is InChI=1S/C44H52ClN5O10S2/c1-8-9-10-11-22-57-40(54)44(5,6)60-49-33(32-26-62-41(46-32)48-42(55)59-43(2,3)4)36(51)47-34-37(52)50-35(39(53)58-24-29-17-20-31(56-7)21-18-29)30(25-61-38(34)50)19-16-27-12-14-28(23-45)15-13-27/h12-21,26,34,38H,8-11,22-25H2,1-7H3,(H,47,51)(H,46,48,55)/b19-16+,49-33-/t34-,38+/m1/s1. The van der Waals surface area contributed by atoms with Crippen molar-refractivity contribution < 1.29 is 47.8 Å². The Labute approximate surface area is 374 Å². The zero-order chi connectivity index (χ0) is 45.0. The molecule has 332 valence electrons. The lowest BCUT2D eigenvalue weighted by Gasteiger charge is -2.49. The number of thioether (sulfide) groups is 1. The van der Waals surface area contributed by atoms with Gasteiger partial charge in [-0.25, -0.2) is 19.4 Å². The lowest BCUT2D eigenvalue weighted by molar-refractivity contribution is -0.168. The highest BCUT2D eigenvalue weighted by molar-refractivity contribution is 8.00. The summed E-state index contributed by atoms with van der Waals surface area (Å²) in [5.41, 5.74) is 0.322. The molecule has 0 radical (unpaired) electrons. The first-order valence-corrected chi connectivity index (χ1v) is 22.5. The fraction of sp³-hybridized carbons (Fsp3) is 0.432. The van der Waals surface area contributed by atoms with E-state index < -0.39 is 52.5 Å². The summed E-state index contributed by atoms with van der Waals surface area (Å²) < 4.78 is 21.7. The second-order valence-corrected chi connectivity index (χ2v) is 18.0. The van der Waals surface area contributed by atoms with Crippen molar-refractivity contribution in [3.05, 3.63) is 93.6 Å². The summed E-state index contributed by atoms with van der Waals surface area (Å²) >= 11 is 8.31. The molecule has 2 atom stereocenters. The summed E-state index contributed by atoms with van der Waals surface area (Å²) in [6, 6.07) is 13.5. The molecule has 5 rings (SSSR count). The van der Waals surface area contributed by atoms with Crippen LogP contribution in [0.1, 0.15) is 89.6 Å². The van der Waals surface area contributed by atoms with E-state index in [2.05, 4.69) is 27.7 Å². The van der Waals surface area contributed by atoms with Crippen molar-refractivity contribution in [1.29, 1.82) is 0 Å². The molecule has 0 saturated carbocycles. The number of benzene rings is 2. The number of ether oxygens (including phenoxy) is 4. The Kier molecular flexibility index (Phi) is 16.6. The number of hydrogen-bond acceptors (Lipinski definition) is 14. The van der Waals surface area contributed by atoms with Crippen molar-refractivity contribution in [3.8, 4) is 5.75 Å². The van der Waals surface area contributed by atoms with Gasteiger partial charge in [0.25, 0.3) is 11.8 Å². The van der Waals surface area contributed by atoms with Crippen molar-refractivity contribution in [2.75, 3.05) is 24.8 Å². The lowest BCUT2D eigenvalue weighted by Crippen LogP contribution is -2.71. The quantitative estimate of drug-likeness (QED) is 0.0225. The van der Waals surface area contributed by atoms with Crippen molar-refractivity contribution in [2.24, 2.45) is 5.16 Å². The van der Waals surface area contributed by atoms with Gasteiger partial charge < -0.3 is 29.1 Å². The van der Waals surface area contributed by atoms with Gasteiger partial charge in [0.2, 0.25) is 5.60 Å². The first-order chi connectivity index (χ1) is 29.5. The number of β-lactam (4-membered cyclic amide) rings is 1. The molecular formula is C44H52ClN5O10S2. The molecule has 2 aromatic carbocycles. The molecule has 2 N–H and O–H groups in total. The molecule has 1 aromatic heterocycles. The number of anilines is 1. The number of carbonyl (C=O) groups excluding carboxylic acids is 5. The van der Waals surface area contributed by atoms with Crippen LogP contribution in [0.4, 0.5) is 9.93 Å². The summed E-state index contributed by atoms with van der Waals surface area (Å²) in [7, 11) is 1.55. The minimum Gasteiger partial charge on any atom is -0.497 e. The van der Waals surface area contributed by atoms with Gasteiger partial charge in [-0.1, -0.05) is 79.9 Å². The van der Waals surface area contributed by atoms with Gasteiger partial charge in [0, 0.05) is 17.0 Å². The zero-order valence-corrected chi connectivity index (χ0v) is 38.2. The fourth-order valence-electron chi connectivity index (χ4n) is 5.92. The van der Waals surface area contributed by atoms with Crippen molar-refractivity contribution in [3.63, 3.8) is 0 Å². The van der Waals surface area contributed by atoms with Crippen LogP contribution in [0, 0.1) is 0 Å². The highest BCUT2D eigenvalue weighted by Crippen LogP contribution is 2.41. The van der Waals surface area contributed by atoms with E-state index in [-0.39, 0.29) is 35.4 Å². The van der Waals surface area contributed by atoms with Crippen LogP contribution in [-0.4, -0.2) is 87.5 Å².